The van der Waals surface area contributed by atoms with Crippen molar-refractivity contribution in [3.63, 3.8) is 0 Å². The third-order valence-electron chi connectivity index (χ3n) is 6.78. The van der Waals surface area contributed by atoms with Gasteiger partial charge in [-0.25, -0.2) is 4.79 Å². The molecule has 1 aliphatic carbocycles. The first-order valence-electron chi connectivity index (χ1n) is 13.5. The van der Waals surface area contributed by atoms with E-state index in [0.29, 0.717) is 24.1 Å². The number of hydrogen-bond donors (Lipinski definition) is 3. The molecule has 0 aliphatic heterocycles. The summed E-state index contributed by atoms with van der Waals surface area (Å²) in [6.45, 7) is 5.09. The zero-order chi connectivity index (χ0) is 28.9. The number of nitrogens with two attached hydrogens (primary N) is 1. The Bertz CT molecular complexity index is 1380. The molecule has 3 aromatic carbocycles. The average molecular weight is 545 g/mol. The Hall–Kier alpha value is -4.40. The summed E-state index contributed by atoms with van der Waals surface area (Å²) < 4.78 is 5.34. The quantitative estimate of drug-likeness (QED) is 0.360. The van der Waals surface area contributed by atoms with E-state index in [1.165, 1.54) is 4.90 Å². The molecule has 4 amide bonds. The minimum Gasteiger partial charge on any atom is -0.444 e. The highest BCUT2D eigenvalue weighted by molar-refractivity contribution is 6.01. The number of fused-ring (bicyclic) bond motifs is 1. The SMILES string of the molecule is CC(C)(C)OC(=O)NC(CC(N)=O)C(=O)N(C1CCC1)C(C(=O)Nc1ccc2ccccc2c1)c1ccccc1. The van der Waals surface area contributed by atoms with Gasteiger partial charge in [0.1, 0.15) is 17.7 Å². The zero-order valence-corrected chi connectivity index (χ0v) is 23.1. The maximum absolute atomic E-state index is 14.1. The highest BCUT2D eigenvalue weighted by atomic mass is 16.6. The summed E-state index contributed by atoms with van der Waals surface area (Å²) in [6, 6.07) is 19.9. The Balaban J connectivity index is 1.69. The van der Waals surface area contributed by atoms with Gasteiger partial charge in [0, 0.05) is 11.7 Å². The minimum atomic E-state index is -1.30. The van der Waals surface area contributed by atoms with Crippen molar-refractivity contribution in [3.8, 4) is 0 Å². The van der Waals surface area contributed by atoms with Crippen LogP contribution in [0.2, 0.25) is 0 Å². The van der Waals surface area contributed by atoms with E-state index in [2.05, 4.69) is 10.6 Å². The van der Waals surface area contributed by atoms with Crippen LogP contribution in [-0.4, -0.2) is 46.4 Å². The molecule has 0 heterocycles. The Morgan fingerprint density at radius 3 is 2.20 bits per heavy atom. The molecule has 40 heavy (non-hydrogen) atoms. The topological polar surface area (TPSA) is 131 Å². The number of benzene rings is 3. The first kappa shape index (κ1) is 28.6. The fourth-order valence-electron chi connectivity index (χ4n) is 4.77. The maximum Gasteiger partial charge on any atom is 0.408 e. The molecule has 9 nitrogen and oxygen atoms in total. The number of alkyl carbamates (subject to hydrolysis) is 1. The number of nitrogens with one attached hydrogen (secondary N) is 2. The van der Waals surface area contributed by atoms with E-state index in [9.17, 15) is 19.2 Å². The third kappa shape index (κ3) is 7.16. The summed E-state index contributed by atoms with van der Waals surface area (Å²) in [5.74, 6) is -1.74. The van der Waals surface area contributed by atoms with Crippen LogP contribution >= 0.6 is 0 Å². The number of primary amides is 1. The van der Waals surface area contributed by atoms with Crippen LogP contribution in [0, 0.1) is 0 Å². The van der Waals surface area contributed by atoms with Crippen LogP contribution in [0.15, 0.2) is 72.8 Å². The van der Waals surface area contributed by atoms with Crippen LogP contribution in [0.5, 0.6) is 0 Å². The summed E-state index contributed by atoms with van der Waals surface area (Å²) in [7, 11) is 0. The van der Waals surface area contributed by atoms with Gasteiger partial charge in [-0.05, 0) is 68.5 Å². The molecule has 4 rings (SSSR count). The Kier molecular flexibility index (Phi) is 8.72. The second kappa shape index (κ2) is 12.2. The molecule has 210 valence electrons. The van der Waals surface area contributed by atoms with Crippen LogP contribution in [0.3, 0.4) is 0 Å². The van der Waals surface area contributed by atoms with Crippen LogP contribution in [0.25, 0.3) is 10.8 Å². The lowest BCUT2D eigenvalue weighted by molar-refractivity contribution is -0.146. The predicted molar refractivity (Wildman–Crippen MR) is 153 cm³/mol. The molecule has 0 spiro atoms. The minimum absolute atomic E-state index is 0.254. The Morgan fingerprint density at radius 1 is 0.950 bits per heavy atom. The van der Waals surface area contributed by atoms with Gasteiger partial charge < -0.3 is 26.0 Å². The lowest BCUT2D eigenvalue weighted by Crippen LogP contribution is -2.57. The first-order valence-corrected chi connectivity index (χ1v) is 13.5. The van der Waals surface area contributed by atoms with Crippen LogP contribution in [-0.2, 0) is 19.1 Å². The second-order valence-electron chi connectivity index (χ2n) is 11.1. The van der Waals surface area contributed by atoms with Crippen molar-refractivity contribution >= 4 is 40.3 Å². The third-order valence-corrected chi connectivity index (χ3v) is 6.78. The molecule has 0 radical (unpaired) electrons. The molecule has 0 bridgehead atoms. The van der Waals surface area contributed by atoms with Gasteiger partial charge in [0.25, 0.3) is 5.91 Å². The highest BCUT2D eigenvalue weighted by Crippen LogP contribution is 2.34. The maximum atomic E-state index is 14.1. The van der Waals surface area contributed by atoms with Crippen molar-refractivity contribution < 1.29 is 23.9 Å². The summed E-state index contributed by atoms with van der Waals surface area (Å²) in [4.78, 5) is 54.2. The molecular formula is C31H36N4O5. The smallest absolute Gasteiger partial charge is 0.408 e. The number of amides is 4. The lowest BCUT2D eigenvalue weighted by Gasteiger charge is -2.43. The van der Waals surface area contributed by atoms with Gasteiger partial charge in [-0.1, -0.05) is 60.7 Å². The summed E-state index contributed by atoms with van der Waals surface area (Å²) >= 11 is 0. The largest absolute Gasteiger partial charge is 0.444 e. The molecule has 2 unspecified atom stereocenters. The van der Waals surface area contributed by atoms with Crippen molar-refractivity contribution in [2.75, 3.05) is 5.32 Å². The van der Waals surface area contributed by atoms with Crippen molar-refractivity contribution in [3.05, 3.63) is 78.4 Å². The highest BCUT2D eigenvalue weighted by Gasteiger charge is 2.42. The second-order valence-corrected chi connectivity index (χ2v) is 11.1. The number of hydrogen-bond acceptors (Lipinski definition) is 5. The zero-order valence-electron chi connectivity index (χ0n) is 23.1. The normalized spacial score (nSPS) is 14.9. The average Bonchev–Trinajstić information content (AvgIpc) is 2.85. The molecule has 1 aliphatic rings. The van der Waals surface area contributed by atoms with E-state index < -0.39 is 47.9 Å². The van der Waals surface area contributed by atoms with E-state index in [1.54, 1.807) is 45.0 Å². The van der Waals surface area contributed by atoms with Gasteiger partial charge in [0.05, 0.1) is 6.42 Å². The number of anilines is 1. The van der Waals surface area contributed by atoms with Gasteiger partial charge >= 0.3 is 6.09 Å². The van der Waals surface area contributed by atoms with Gasteiger partial charge in [-0.2, -0.15) is 0 Å². The number of carbonyl (C=O) groups excluding carboxylic acids is 4. The van der Waals surface area contributed by atoms with Crippen LogP contribution < -0.4 is 16.4 Å². The number of nitrogens with zero attached hydrogens (tertiary/aromatic N) is 1. The van der Waals surface area contributed by atoms with Crippen molar-refractivity contribution in [2.45, 2.75) is 70.2 Å². The molecule has 9 heteroatoms. The van der Waals surface area contributed by atoms with Crippen LogP contribution in [0.4, 0.5) is 10.5 Å². The monoisotopic (exact) mass is 544 g/mol. The summed E-state index contributed by atoms with van der Waals surface area (Å²) in [5.41, 5.74) is 5.85. The summed E-state index contributed by atoms with van der Waals surface area (Å²) in [5, 5.41) is 7.50. The fraction of sp³-hybridized carbons (Fsp3) is 0.355. The molecule has 1 saturated carbocycles. The number of rotatable bonds is 9. The molecule has 0 aromatic heterocycles. The first-order chi connectivity index (χ1) is 19.0. The molecule has 4 N–H and O–H groups in total. The van der Waals surface area contributed by atoms with E-state index >= 15 is 0 Å². The van der Waals surface area contributed by atoms with Crippen LogP contribution in [0.1, 0.15) is 58.1 Å². The summed E-state index contributed by atoms with van der Waals surface area (Å²) in [6.07, 6.45) is 0.983. The van der Waals surface area contributed by atoms with Crippen molar-refractivity contribution in [1.82, 2.24) is 10.2 Å². The lowest BCUT2D eigenvalue weighted by atomic mass is 9.88. The van der Waals surface area contributed by atoms with Crippen molar-refractivity contribution in [2.24, 2.45) is 5.73 Å². The van der Waals surface area contributed by atoms with Gasteiger partial charge in [-0.15, -0.1) is 0 Å². The van der Waals surface area contributed by atoms with E-state index in [1.807, 2.05) is 48.5 Å². The predicted octanol–water partition coefficient (Wildman–Crippen LogP) is 4.67. The van der Waals surface area contributed by atoms with Crippen molar-refractivity contribution in [1.29, 1.82) is 0 Å². The van der Waals surface area contributed by atoms with E-state index in [4.69, 9.17) is 10.5 Å². The van der Waals surface area contributed by atoms with Gasteiger partial charge in [0.2, 0.25) is 11.8 Å². The van der Waals surface area contributed by atoms with E-state index in [0.717, 1.165) is 17.2 Å². The van der Waals surface area contributed by atoms with Gasteiger partial charge in [-0.3, -0.25) is 14.4 Å². The Morgan fingerprint density at radius 2 is 1.60 bits per heavy atom. The van der Waals surface area contributed by atoms with Gasteiger partial charge in [0.15, 0.2) is 0 Å². The standard InChI is InChI=1S/C31H36N4O5/c1-31(2,3)40-30(39)34-25(19-26(32)36)29(38)35(24-14-9-15-24)27(21-11-5-4-6-12-21)28(37)33-23-17-16-20-10-7-8-13-22(20)18-23/h4-8,10-13,16-18,24-25,27H,9,14-15,19H2,1-3H3,(H2,32,36)(H,33,37)(H,34,39). The molecule has 2 atom stereocenters. The number of ether oxygens (including phenoxy) is 1. The molecular weight excluding hydrogens is 508 g/mol. The Labute approximate surface area is 234 Å². The fourth-order valence-corrected chi connectivity index (χ4v) is 4.77. The molecule has 0 saturated heterocycles. The number of carbonyl (C=O) groups is 4. The van der Waals surface area contributed by atoms with E-state index in [-0.39, 0.29) is 6.04 Å². The molecule has 3 aromatic rings. The molecule has 1 fully saturated rings.